The van der Waals surface area contributed by atoms with E-state index in [2.05, 4.69) is 22.9 Å². The molecule has 1 atom stereocenters. The standard InChI is InChI=1S/C13H18BrFO/c1-2-3-4-5-6-13(16)10-7-8-12(15)11(14)9-10/h7-9,13,16H,2-6H2,1H3. The van der Waals surface area contributed by atoms with E-state index in [-0.39, 0.29) is 5.82 Å². The van der Waals surface area contributed by atoms with Gasteiger partial charge in [0.1, 0.15) is 5.82 Å². The summed E-state index contributed by atoms with van der Waals surface area (Å²) in [6, 6.07) is 4.68. The van der Waals surface area contributed by atoms with Gasteiger partial charge >= 0.3 is 0 Å². The fourth-order valence-electron chi connectivity index (χ4n) is 1.65. The average molecular weight is 289 g/mol. The molecule has 0 spiro atoms. The van der Waals surface area contributed by atoms with Crippen LogP contribution >= 0.6 is 15.9 Å². The van der Waals surface area contributed by atoms with Gasteiger partial charge in [0.2, 0.25) is 0 Å². The SMILES string of the molecule is CCCCCCC(O)c1ccc(F)c(Br)c1. The molecule has 1 nitrogen and oxygen atoms in total. The van der Waals surface area contributed by atoms with E-state index in [1.54, 1.807) is 12.1 Å². The normalized spacial score (nSPS) is 12.8. The van der Waals surface area contributed by atoms with Crippen LogP contribution in [0.1, 0.15) is 50.7 Å². The second-order valence-corrected chi connectivity index (χ2v) is 4.89. The minimum atomic E-state index is -0.478. The monoisotopic (exact) mass is 288 g/mol. The summed E-state index contributed by atoms with van der Waals surface area (Å²) in [5.41, 5.74) is 0.782. The van der Waals surface area contributed by atoms with Crippen molar-refractivity contribution in [1.82, 2.24) is 0 Å². The Hall–Kier alpha value is -0.410. The Morgan fingerprint density at radius 3 is 2.69 bits per heavy atom. The third-order valence-electron chi connectivity index (χ3n) is 2.66. The Kier molecular flexibility index (Phi) is 5.99. The van der Waals surface area contributed by atoms with Gasteiger partial charge in [-0.2, -0.15) is 0 Å². The van der Waals surface area contributed by atoms with Crippen molar-refractivity contribution in [3.05, 3.63) is 34.1 Å². The molecular weight excluding hydrogens is 271 g/mol. The van der Waals surface area contributed by atoms with Crippen LogP contribution in [0, 0.1) is 5.82 Å². The van der Waals surface area contributed by atoms with Gasteiger partial charge in [-0.25, -0.2) is 4.39 Å². The van der Waals surface area contributed by atoms with Gasteiger partial charge in [-0.1, -0.05) is 38.7 Å². The molecule has 0 aromatic heterocycles. The van der Waals surface area contributed by atoms with Crippen LogP contribution in [0.15, 0.2) is 22.7 Å². The van der Waals surface area contributed by atoms with Crippen LogP contribution in [0.3, 0.4) is 0 Å². The molecular formula is C13H18BrFO. The first kappa shape index (κ1) is 13.7. The van der Waals surface area contributed by atoms with E-state index in [9.17, 15) is 9.50 Å². The van der Waals surface area contributed by atoms with Gasteiger partial charge in [-0.3, -0.25) is 0 Å². The predicted octanol–water partition coefficient (Wildman–Crippen LogP) is 4.59. The van der Waals surface area contributed by atoms with E-state index in [0.29, 0.717) is 4.47 Å². The zero-order valence-electron chi connectivity index (χ0n) is 9.55. The number of benzene rings is 1. The number of hydrogen-bond donors (Lipinski definition) is 1. The molecule has 0 aliphatic carbocycles. The summed E-state index contributed by atoms with van der Waals surface area (Å²) in [5.74, 6) is -0.290. The third-order valence-corrected chi connectivity index (χ3v) is 3.27. The van der Waals surface area contributed by atoms with Crippen molar-refractivity contribution in [2.45, 2.75) is 45.1 Å². The van der Waals surface area contributed by atoms with Gasteiger partial charge < -0.3 is 5.11 Å². The molecule has 1 N–H and O–H groups in total. The Morgan fingerprint density at radius 2 is 2.06 bits per heavy atom. The molecule has 1 aromatic carbocycles. The van der Waals surface area contributed by atoms with Crippen LogP contribution in [0.2, 0.25) is 0 Å². The Morgan fingerprint density at radius 1 is 1.31 bits per heavy atom. The Bertz CT molecular complexity index is 328. The summed E-state index contributed by atoms with van der Waals surface area (Å²) in [7, 11) is 0. The van der Waals surface area contributed by atoms with Crippen LogP contribution < -0.4 is 0 Å². The minimum Gasteiger partial charge on any atom is -0.388 e. The number of halogens is 2. The largest absolute Gasteiger partial charge is 0.388 e. The zero-order chi connectivity index (χ0) is 12.0. The summed E-state index contributed by atoms with van der Waals surface area (Å²) < 4.78 is 13.4. The van der Waals surface area contributed by atoms with Crippen LogP contribution in [-0.2, 0) is 0 Å². The summed E-state index contributed by atoms with van der Waals surface area (Å²) in [5, 5.41) is 9.89. The van der Waals surface area contributed by atoms with Crippen LogP contribution in [0.25, 0.3) is 0 Å². The molecule has 0 amide bonds. The first-order valence-corrected chi connectivity index (χ1v) is 6.57. The lowest BCUT2D eigenvalue weighted by molar-refractivity contribution is 0.163. The molecule has 16 heavy (non-hydrogen) atoms. The van der Waals surface area contributed by atoms with Crippen molar-refractivity contribution >= 4 is 15.9 Å². The van der Waals surface area contributed by atoms with Crippen LogP contribution in [0.5, 0.6) is 0 Å². The highest BCUT2D eigenvalue weighted by Crippen LogP contribution is 2.24. The van der Waals surface area contributed by atoms with Crippen molar-refractivity contribution in [1.29, 1.82) is 0 Å². The van der Waals surface area contributed by atoms with Gasteiger partial charge in [0.25, 0.3) is 0 Å². The van der Waals surface area contributed by atoms with Gasteiger partial charge in [-0.05, 0) is 40.0 Å². The molecule has 0 saturated heterocycles. The maximum absolute atomic E-state index is 13.0. The maximum Gasteiger partial charge on any atom is 0.137 e. The van der Waals surface area contributed by atoms with Gasteiger partial charge in [-0.15, -0.1) is 0 Å². The lowest BCUT2D eigenvalue weighted by Crippen LogP contribution is -1.98. The van der Waals surface area contributed by atoms with Crippen molar-refractivity contribution in [3.63, 3.8) is 0 Å². The lowest BCUT2D eigenvalue weighted by atomic mass is 10.0. The first-order chi connectivity index (χ1) is 7.65. The molecule has 1 unspecified atom stereocenters. The molecule has 3 heteroatoms. The molecule has 0 aliphatic rings. The van der Waals surface area contributed by atoms with Gasteiger partial charge in [0, 0.05) is 0 Å². The molecule has 0 fully saturated rings. The molecule has 0 aliphatic heterocycles. The smallest absolute Gasteiger partial charge is 0.137 e. The molecule has 0 bridgehead atoms. The van der Waals surface area contributed by atoms with Crippen LogP contribution in [0.4, 0.5) is 4.39 Å². The lowest BCUT2D eigenvalue weighted by Gasteiger charge is -2.11. The summed E-state index contributed by atoms with van der Waals surface area (Å²) in [6.45, 7) is 2.16. The van der Waals surface area contributed by atoms with Crippen molar-refractivity contribution in [2.75, 3.05) is 0 Å². The Labute approximate surface area is 105 Å². The molecule has 90 valence electrons. The molecule has 1 rings (SSSR count). The summed E-state index contributed by atoms with van der Waals surface area (Å²) in [6.07, 6.45) is 4.84. The highest BCUT2D eigenvalue weighted by atomic mass is 79.9. The van der Waals surface area contributed by atoms with E-state index in [1.165, 1.54) is 18.9 Å². The number of unbranched alkanes of at least 4 members (excludes halogenated alkanes) is 3. The summed E-state index contributed by atoms with van der Waals surface area (Å²) in [4.78, 5) is 0. The van der Waals surface area contributed by atoms with E-state index in [1.807, 2.05) is 0 Å². The second kappa shape index (κ2) is 7.02. The fraction of sp³-hybridized carbons (Fsp3) is 0.538. The molecule has 0 radical (unpaired) electrons. The molecule has 0 saturated carbocycles. The molecule has 1 aromatic rings. The van der Waals surface area contributed by atoms with E-state index < -0.39 is 6.10 Å². The van der Waals surface area contributed by atoms with Crippen LogP contribution in [-0.4, -0.2) is 5.11 Å². The topological polar surface area (TPSA) is 20.2 Å². The fourth-order valence-corrected chi connectivity index (χ4v) is 2.05. The molecule has 0 heterocycles. The number of aliphatic hydroxyl groups is 1. The summed E-state index contributed by atoms with van der Waals surface area (Å²) >= 11 is 3.12. The second-order valence-electron chi connectivity index (χ2n) is 4.04. The number of aliphatic hydroxyl groups excluding tert-OH is 1. The zero-order valence-corrected chi connectivity index (χ0v) is 11.1. The number of hydrogen-bond acceptors (Lipinski definition) is 1. The van der Waals surface area contributed by atoms with E-state index in [4.69, 9.17) is 0 Å². The third kappa shape index (κ3) is 4.22. The minimum absolute atomic E-state index is 0.290. The van der Waals surface area contributed by atoms with Crippen molar-refractivity contribution in [3.8, 4) is 0 Å². The first-order valence-electron chi connectivity index (χ1n) is 5.78. The van der Waals surface area contributed by atoms with E-state index >= 15 is 0 Å². The predicted molar refractivity (Wildman–Crippen MR) is 67.8 cm³/mol. The maximum atomic E-state index is 13.0. The van der Waals surface area contributed by atoms with Crippen molar-refractivity contribution in [2.24, 2.45) is 0 Å². The highest BCUT2D eigenvalue weighted by molar-refractivity contribution is 9.10. The van der Waals surface area contributed by atoms with Gasteiger partial charge in [0.05, 0.1) is 10.6 Å². The quantitative estimate of drug-likeness (QED) is 0.759. The van der Waals surface area contributed by atoms with E-state index in [0.717, 1.165) is 24.8 Å². The van der Waals surface area contributed by atoms with Gasteiger partial charge in [0.15, 0.2) is 0 Å². The average Bonchev–Trinajstić information content (AvgIpc) is 2.28. The van der Waals surface area contributed by atoms with Crippen molar-refractivity contribution < 1.29 is 9.50 Å². The highest BCUT2D eigenvalue weighted by Gasteiger charge is 2.09. The Balaban J connectivity index is 2.46. The number of rotatable bonds is 6.